The normalized spacial score (nSPS) is 11.7. The molecule has 0 aliphatic carbocycles. The van der Waals surface area contributed by atoms with Crippen LogP contribution in [0, 0.1) is 0 Å². The fourth-order valence-corrected chi connectivity index (χ4v) is 1.28. The van der Waals surface area contributed by atoms with Crippen molar-refractivity contribution in [3.8, 4) is 0 Å². The van der Waals surface area contributed by atoms with E-state index in [1.165, 1.54) is 6.26 Å². The molecular weight excluding hydrogens is 270 g/mol. The lowest BCUT2D eigenvalue weighted by molar-refractivity contribution is -0.145. The van der Waals surface area contributed by atoms with Gasteiger partial charge in [0.15, 0.2) is 6.23 Å². The van der Waals surface area contributed by atoms with Crippen molar-refractivity contribution in [3.05, 3.63) is 25.0 Å². The number of hydrogen-bond donors (Lipinski definition) is 2. The number of aliphatic hydroxyl groups is 1. The van der Waals surface area contributed by atoms with Gasteiger partial charge in [-0.05, 0) is 47.5 Å². The summed E-state index contributed by atoms with van der Waals surface area (Å²) in [5.41, 5.74) is 0.358. The molecular formula is C16H31NO4. The highest BCUT2D eigenvalue weighted by atomic mass is 16.6. The Morgan fingerprint density at radius 1 is 1.38 bits per heavy atom. The zero-order valence-electron chi connectivity index (χ0n) is 14.1. The van der Waals surface area contributed by atoms with Gasteiger partial charge in [-0.25, -0.2) is 4.79 Å². The maximum atomic E-state index is 11.1. The zero-order valence-corrected chi connectivity index (χ0v) is 14.1. The molecule has 0 fully saturated rings. The quantitative estimate of drug-likeness (QED) is 0.237. The van der Waals surface area contributed by atoms with E-state index in [1.54, 1.807) is 13.8 Å². The highest BCUT2D eigenvalue weighted by Crippen LogP contribution is 2.03. The summed E-state index contributed by atoms with van der Waals surface area (Å²) in [7, 11) is 0. The van der Waals surface area contributed by atoms with Crippen LogP contribution < -0.4 is 5.32 Å². The number of unbranched alkanes of at least 4 members (excludes halogenated alkanes) is 1. The minimum Gasteiger partial charge on any atom is -0.502 e. The molecule has 0 aromatic heterocycles. The molecule has 0 heterocycles. The van der Waals surface area contributed by atoms with Gasteiger partial charge in [-0.2, -0.15) is 0 Å². The van der Waals surface area contributed by atoms with Crippen molar-refractivity contribution in [2.24, 2.45) is 0 Å². The maximum Gasteiger partial charge on any atom is 0.334 e. The average molecular weight is 301 g/mol. The van der Waals surface area contributed by atoms with Crippen LogP contribution >= 0.6 is 0 Å². The van der Waals surface area contributed by atoms with Crippen molar-refractivity contribution in [2.75, 3.05) is 13.2 Å². The lowest BCUT2D eigenvalue weighted by Crippen LogP contribution is -2.44. The topological polar surface area (TPSA) is 67.8 Å². The van der Waals surface area contributed by atoms with E-state index in [1.807, 2.05) is 20.8 Å². The average Bonchev–Trinajstić information content (AvgIpc) is 2.33. The van der Waals surface area contributed by atoms with Gasteiger partial charge in [-0.1, -0.05) is 13.2 Å². The number of nitrogens with one attached hydrogen (secondary N) is 1. The van der Waals surface area contributed by atoms with E-state index < -0.39 is 0 Å². The molecule has 0 radical (unpaired) electrons. The van der Waals surface area contributed by atoms with Gasteiger partial charge in [0, 0.05) is 17.7 Å². The van der Waals surface area contributed by atoms with Crippen LogP contribution in [0.4, 0.5) is 0 Å². The first-order valence-electron chi connectivity index (χ1n) is 7.11. The lowest BCUT2D eigenvalue weighted by atomic mass is 10.1. The van der Waals surface area contributed by atoms with Crippen LogP contribution in [0.1, 0.15) is 47.5 Å². The maximum absolute atomic E-state index is 11.1. The van der Waals surface area contributed by atoms with E-state index in [9.17, 15) is 4.79 Å². The summed E-state index contributed by atoms with van der Waals surface area (Å²) in [6.07, 6.45) is 2.84. The van der Waals surface area contributed by atoms with Gasteiger partial charge in [0.25, 0.3) is 0 Å². The van der Waals surface area contributed by atoms with E-state index in [0.29, 0.717) is 12.2 Å². The molecule has 2 N–H and O–H groups in total. The molecule has 1 unspecified atom stereocenters. The van der Waals surface area contributed by atoms with Crippen molar-refractivity contribution >= 4 is 5.97 Å². The highest BCUT2D eigenvalue weighted by Gasteiger charge is 2.16. The SMILES string of the molecule is C=C(C)C(=O)OC(C)NC(C)(C)C.C=COCCCCO. The standard InChI is InChI=1S/C10H19NO2.C6H12O2/c1-7(2)9(12)13-8(3)11-10(4,5)6;1-2-8-6-4-3-5-7/h8,11H,1H2,2-6H3;2,7H,1,3-6H2. The number of ether oxygens (including phenoxy) is 2. The van der Waals surface area contributed by atoms with Crippen LogP contribution in [-0.4, -0.2) is 36.1 Å². The first-order chi connectivity index (χ1) is 9.64. The van der Waals surface area contributed by atoms with E-state index in [-0.39, 0.29) is 24.3 Å². The number of rotatable bonds is 8. The van der Waals surface area contributed by atoms with E-state index >= 15 is 0 Å². The zero-order chi connectivity index (χ0) is 16.9. The fraction of sp³-hybridized carbons (Fsp3) is 0.688. The second-order valence-corrected chi connectivity index (χ2v) is 5.69. The fourth-order valence-electron chi connectivity index (χ4n) is 1.28. The van der Waals surface area contributed by atoms with Crippen molar-refractivity contribution in [3.63, 3.8) is 0 Å². The Morgan fingerprint density at radius 3 is 2.33 bits per heavy atom. The molecule has 5 nitrogen and oxygen atoms in total. The Bertz CT molecular complexity index is 308. The molecule has 21 heavy (non-hydrogen) atoms. The molecule has 1 atom stereocenters. The molecule has 0 bridgehead atoms. The van der Waals surface area contributed by atoms with Crippen molar-refractivity contribution in [1.82, 2.24) is 5.32 Å². The van der Waals surface area contributed by atoms with E-state index in [4.69, 9.17) is 14.6 Å². The lowest BCUT2D eigenvalue weighted by Gasteiger charge is -2.25. The first-order valence-corrected chi connectivity index (χ1v) is 7.11. The van der Waals surface area contributed by atoms with Gasteiger partial charge in [0.05, 0.1) is 12.9 Å². The van der Waals surface area contributed by atoms with Crippen molar-refractivity contribution in [1.29, 1.82) is 0 Å². The van der Waals surface area contributed by atoms with Gasteiger partial charge < -0.3 is 14.6 Å². The molecule has 0 amide bonds. The number of aliphatic hydroxyl groups excluding tert-OH is 1. The molecule has 5 heteroatoms. The first kappa shape index (κ1) is 22.0. The van der Waals surface area contributed by atoms with Crippen LogP contribution in [0.2, 0.25) is 0 Å². The summed E-state index contributed by atoms with van der Waals surface area (Å²) in [6, 6.07) is 0. The van der Waals surface area contributed by atoms with Crippen LogP contribution in [0.5, 0.6) is 0 Å². The number of carbonyl (C=O) groups is 1. The molecule has 0 aliphatic rings. The second-order valence-electron chi connectivity index (χ2n) is 5.69. The van der Waals surface area contributed by atoms with Crippen LogP contribution in [-0.2, 0) is 14.3 Å². The van der Waals surface area contributed by atoms with Gasteiger partial charge in [-0.15, -0.1) is 0 Å². The Labute approximate surface area is 129 Å². The molecule has 0 saturated carbocycles. The third-order valence-electron chi connectivity index (χ3n) is 2.06. The number of hydrogen-bond acceptors (Lipinski definition) is 5. The second kappa shape index (κ2) is 12.4. The summed E-state index contributed by atoms with van der Waals surface area (Å²) in [6.45, 7) is 17.3. The van der Waals surface area contributed by atoms with E-state index in [0.717, 1.165) is 12.8 Å². The van der Waals surface area contributed by atoms with Crippen molar-refractivity contribution < 1.29 is 19.4 Å². The smallest absolute Gasteiger partial charge is 0.334 e. The van der Waals surface area contributed by atoms with Crippen LogP contribution in [0.3, 0.4) is 0 Å². The minimum absolute atomic E-state index is 0.0607. The van der Waals surface area contributed by atoms with Crippen molar-refractivity contribution in [2.45, 2.75) is 59.2 Å². The molecule has 0 rings (SSSR count). The third kappa shape index (κ3) is 18.7. The molecule has 0 aliphatic heterocycles. The Kier molecular flexibility index (Phi) is 13.0. The molecule has 0 aromatic carbocycles. The monoisotopic (exact) mass is 301 g/mol. The van der Waals surface area contributed by atoms with Crippen LogP contribution in [0.15, 0.2) is 25.0 Å². The van der Waals surface area contributed by atoms with Gasteiger partial charge in [-0.3, -0.25) is 5.32 Å². The number of carbonyl (C=O) groups excluding carboxylic acids is 1. The van der Waals surface area contributed by atoms with Gasteiger partial charge in [0.1, 0.15) is 0 Å². The van der Waals surface area contributed by atoms with E-state index in [2.05, 4.69) is 18.5 Å². The Morgan fingerprint density at radius 2 is 1.95 bits per heavy atom. The Balaban J connectivity index is 0. The minimum atomic E-state index is -0.357. The summed E-state index contributed by atoms with van der Waals surface area (Å²) in [5, 5.41) is 11.4. The summed E-state index contributed by atoms with van der Waals surface area (Å²) < 4.78 is 9.83. The third-order valence-corrected chi connectivity index (χ3v) is 2.06. The summed E-state index contributed by atoms with van der Waals surface area (Å²) in [5.74, 6) is -0.357. The largest absolute Gasteiger partial charge is 0.502 e. The summed E-state index contributed by atoms with van der Waals surface area (Å²) >= 11 is 0. The summed E-state index contributed by atoms with van der Waals surface area (Å²) in [4.78, 5) is 11.1. The molecule has 0 spiro atoms. The number of esters is 1. The highest BCUT2D eigenvalue weighted by molar-refractivity contribution is 5.87. The molecule has 0 aromatic rings. The van der Waals surface area contributed by atoms with Gasteiger partial charge in [0.2, 0.25) is 0 Å². The van der Waals surface area contributed by atoms with Crippen LogP contribution in [0.25, 0.3) is 0 Å². The molecule has 0 saturated heterocycles. The predicted octanol–water partition coefficient (Wildman–Crippen LogP) is 2.76. The Hall–Kier alpha value is -1.33. The predicted molar refractivity (Wildman–Crippen MR) is 85.7 cm³/mol. The molecule has 124 valence electrons. The van der Waals surface area contributed by atoms with Gasteiger partial charge >= 0.3 is 5.97 Å².